The number of rotatable bonds is 4. The first-order valence-corrected chi connectivity index (χ1v) is 5.66. The van der Waals surface area contributed by atoms with Crippen molar-refractivity contribution in [3.05, 3.63) is 41.1 Å². The van der Waals surface area contributed by atoms with E-state index in [-0.39, 0.29) is 13.2 Å². The zero-order valence-corrected chi connectivity index (χ0v) is 10.4. The van der Waals surface area contributed by atoms with Gasteiger partial charge in [-0.1, -0.05) is 12.1 Å². The van der Waals surface area contributed by atoms with Gasteiger partial charge in [0.2, 0.25) is 5.88 Å². The van der Waals surface area contributed by atoms with Crippen LogP contribution in [0.1, 0.15) is 16.8 Å². The number of hydrogen-bond donors (Lipinski definition) is 2. The molecule has 18 heavy (non-hydrogen) atoms. The number of ether oxygens (including phenoxy) is 1. The van der Waals surface area contributed by atoms with Gasteiger partial charge in [-0.25, -0.2) is 4.68 Å². The standard InChI is InChI=1S/C13H16N2O3/c1-9-12(8-17)13(15(2)14-9)18-11-5-3-4-10(6-11)7-16/h3-6,16-17H,7-8H2,1-2H3. The summed E-state index contributed by atoms with van der Waals surface area (Å²) in [5, 5.41) is 22.6. The van der Waals surface area contributed by atoms with Crippen LogP contribution in [-0.2, 0) is 20.3 Å². The highest BCUT2D eigenvalue weighted by molar-refractivity contribution is 5.36. The van der Waals surface area contributed by atoms with Crippen LogP contribution in [0.5, 0.6) is 11.6 Å². The Labute approximate surface area is 105 Å². The largest absolute Gasteiger partial charge is 0.439 e. The lowest BCUT2D eigenvalue weighted by Gasteiger charge is -2.08. The average molecular weight is 248 g/mol. The van der Waals surface area contributed by atoms with Gasteiger partial charge in [0.1, 0.15) is 5.75 Å². The summed E-state index contributed by atoms with van der Waals surface area (Å²) in [4.78, 5) is 0. The van der Waals surface area contributed by atoms with E-state index in [1.807, 2.05) is 19.1 Å². The van der Waals surface area contributed by atoms with Gasteiger partial charge in [-0.05, 0) is 24.6 Å². The molecular weight excluding hydrogens is 232 g/mol. The fourth-order valence-electron chi connectivity index (χ4n) is 1.81. The Morgan fingerprint density at radius 1 is 1.28 bits per heavy atom. The van der Waals surface area contributed by atoms with E-state index in [0.29, 0.717) is 17.2 Å². The third-order valence-electron chi connectivity index (χ3n) is 2.74. The number of hydrogen-bond acceptors (Lipinski definition) is 4. The van der Waals surface area contributed by atoms with Crippen molar-refractivity contribution in [3.63, 3.8) is 0 Å². The molecule has 1 aromatic heterocycles. The maximum atomic E-state index is 9.32. The van der Waals surface area contributed by atoms with E-state index in [9.17, 15) is 5.11 Å². The summed E-state index contributed by atoms with van der Waals surface area (Å²) in [5.74, 6) is 1.13. The van der Waals surface area contributed by atoms with Gasteiger partial charge in [0, 0.05) is 7.05 Å². The fourth-order valence-corrected chi connectivity index (χ4v) is 1.81. The second-order valence-electron chi connectivity index (χ2n) is 4.06. The Kier molecular flexibility index (Phi) is 3.64. The summed E-state index contributed by atoms with van der Waals surface area (Å²) in [7, 11) is 1.76. The molecule has 0 unspecified atom stereocenters. The Morgan fingerprint density at radius 3 is 2.72 bits per heavy atom. The summed E-state index contributed by atoms with van der Waals surface area (Å²) >= 11 is 0. The van der Waals surface area contributed by atoms with Gasteiger partial charge in [0.15, 0.2) is 0 Å². The van der Waals surface area contributed by atoms with Crippen molar-refractivity contribution in [3.8, 4) is 11.6 Å². The van der Waals surface area contributed by atoms with Gasteiger partial charge in [-0.15, -0.1) is 0 Å². The molecule has 96 valence electrons. The lowest BCUT2D eigenvalue weighted by atomic mass is 10.2. The molecular formula is C13H16N2O3. The van der Waals surface area contributed by atoms with E-state index in [2.05, 4.69) is 5.10 Å². The van der Waals surface area contributed by atoms with Crippen LogP contribution in [0.15, 0.2) is 24.3 Å². The number of aliphatic hydroxyl groups excluding tert-OH is 2. The molecule has 0 aliphatic rings. The molecule has 2 rings (SSSR count). The molecule has 0 saturated carbocycles. The zero-order chi connectivity index (χ0) is 13.1. The van der Waals surface area contributed by atoms with Crippen molar-refractivity contribution < 1.29 is 14.9 Å². The number of aliphatic hydroxyl groups is 2. The molecule has 0 atom stereocenters. The molecule has 5 heteroatoms. The van der Waals surface area contributed by atoms with E-state index in [4.69, 9.17) is 9.84 Å². The van der Waals surface area contributed by atoms with E-state index in [0.717, 1.165) is 11.3 Å². The lowest BCUT2D eigenvalue weighted by molar-refractivity contribution is 0.273. The van der Waals surface area contributed by atoms with Gasteiger partial charge in [0.05, 0.1) is 24.5 Å². The number of benzene rings is 1. The quantitative estimate of drug-likeness (QED) is 0.860. The Balaban J connectivity index is 2.33. The SMILES string of the molecule is Cc1nn(C)c(Oc2cccc(CO)c2)c1CO. The maximum Gasteiger partial charge on any atom is 0.223 e. The van der Waals surface area contributed by atoms with Crippen LogP contribution < -0.4 is 4.74 Å². The van der Waals surface area contributed by atoms with Gasteiger partial charge in [-0.3, -0.25) is 0 Å². The van der Waals surface area contributed by atoms with Crippen molar-refractivity contribution in [1.82, 2.24) is 9.78 Å². The average Bonchev–Trinajstić information content (AvgIpc) is 2.64. The molecule has 5 nitrogen and oxygen atoms in total. The summed E-state index contributed by atoms with van der Waals surface area (Å²) in [5.41, 5.74) is 2.19. The molecule has 1 aromatic carbocycles. The minimum absolute atomic E-state index is 0.0333. The van der Waals surface area contributed by atoms with Crippen LogP contribution in [0.4, 0.5) is 0 Å². The highest BCUT2D eigenvalue weighted by atomic mass is 16.5. The number of nitrogens with zero attached hydrogens (tertiary/aromatic N) is 2. The minimum atomic E-state index is -0.116. The van der Waals surface area contributed by atoms with Crippen LogP contribution in [0.3, 0.4) is 0 Å². The maximum absolute atomic E-state index is 9.32. The first-order chi connectivity index (χ1) is 8.65. The van der Waals surface area contributed by atoms with Crippen molar-refractivity contribution in [2.45, 2.75) is 20.1 Å². The molecule has 0 saturated heterocycles. The van der Waals surface area contributed by atoms with E-state index in [1.165, 1.54) is 0 Å². The summed E-state index contributed by atoms with van der Waals surface area (Å²) in [6, 6.07) is 7.17. The number of aromatic nitrogens is 2. The van der Waals surface area contributed by atoms with Crippen LogP contribution >= 0.6 is 0 Å². The third kappa shape index (κ3) is 2.37. The molecule has 1 heterocycles. The predicted octanol–water partition coefficient (Wildman–Crippen LogP) is 1.51. The molecule has 0 amide bonds. The van der Waals surface area contributed by atoms with Gasteiger partial charge < -0.3 is 14.9 Å². The first kappa shape index (κ1) is 12.6. The molecule has 0 spiro atoms. The van der Waals surface area contributed by atoms with E-state index in [1.54, 1.807) is 23.9 Å². The Bertz CT molecular complexity index is 549. The van der Waals surface area contributed by atoms with Crippen LogP contribution in [-0.4, -0.2) is 20.0 Å². The third-order valence-corrected chi connectivity index (χ3v) is 2.74. The van der Waals surface area contributed by atoms with Crippen molar-refractivity contribution in [1.29, 1.82) is 0 Å². The smallest absolute Gasteiger partial charge is 0.223 e. The van der Waals surface area contributed by atoms with Crippen LogP contribution in [0.2, 0.25) is 0 Å². The second kappa shape index (κ2) is 5.20. The Morgan fingerprint density at radius 2 is 2.06 bits per heavy atom. The van der Waals surface area contributed by atoms with E-state index >= 15 is 0 Å². The molecule has 0 bridgehead atoms. The molecule has 0 aliphatic carbocycles. The topological polar surface area (TPSA) is 67.5 Å². The summed E-state index contributed by atoms with van der Waals surface area (Å²) in [6.45, 7) is 1.67. The van der Waals surface area contributed by atoms with Gasteiger partial charge in [-0.2, -0.15) is 5.10 Å². The van der Waals surface area contributed by atoms with Crippen LogP contribution in [0.25, 0.3) is 0 Å². The molecule has 2 aromatic rings. The highest BCUT2D eigenvalue weighted by Gasteiger charge is 2.14. The summed E-state index contributed by atoms with van der Waals surface area (Å²) in [6.07, 6.45) is 0. The van der Waals surface area contributed by atoms with Gasteiger partial charge >= 0.3 is 0 Å². The second-order valence-corrected chi connectivity index (χ2v) is 4.06. The van der Waals surface area contributed by atoms with Crippen LogP contribution in [0, 0.1) is 6.92 Å². The predicted molar refractivity (Wildman–Crippen MR) is 66.3 cm³/mol. The van der Waals surface area contributed by atoms with Crippen molar-refractivity contribution in [2.24, 2.45) is 7.05 Å². The molecule has 0 fully saturated rings. The zero-order valence-electron chi connectivity index (χ0n) is 10.4. The number of aryl methyl sites for hydroxylation is 2. The minimum Gasteiger partial charge on any atom is -0.439 e. The normalized spacial score (nSPS) is 10.7. The van der Waals surface area contributed by atoms with E-state index < -0.39 is 0 Å². The molecule has 0 radical (unpaired) electrons. The van der Waals surface area contributed by atoms with Crippen molar-refractivity contribution in [2.75, 3.05) is 0 Å². The Hall–Kier alpha value is -1.85. The van der Waals surface area contributed by atoms with Crippen molar-refractivity contribution >= 4 is 0 Å². The fraction of sp³-hybridized carbons (Fsp3) is 0.308. The lowest BCUT2D eigenvalue weighted by Crippen LogP contribution is -1.97. The molecule has 0 aliphatic heterocycles. The molecule has 2 N–H and O–H groups in total. The monoisotopic (exact) mass is 248 g/mol. The first-order valence-electron chi connectivity index (χ1n) is 5.66. The summed E-state index contributed by atoms with van der Waals surface area (Å²) < 4.78 is 7.31. The highest BCUT2D eigenvalue weighted by Crippen LogP contribution is 2.27. The van der Waals surface area contributed by atoms with Gasteiger partial charge in [0.25, 0.3) is 0 Å².